The molecule has 0 spiro atoms. The van der Waals surface area contributed by atoms with E-state index in [1.165, 1.54) is 11.1 Å². The predicted molar refractivity (Wildman–Crippen MR) is 108 cm³/mol. The monoisotopic (exact) mass is 426 g/mol. The van der Waals surface area contributed by atoms with Gasteiger partial charge in [0.25, 0.3) is 0 Å². The number of alkyl halides is 4. The summed E-state index contributed by atoms with van der Waals surface area (Å²) >= 11 is 0. The fraction of sp³-hybridized carbons (Fsp3) is 0.840. The fourth-order valence-corrected chi connectivity index (χ4v) is 7.28. The van der Waals surface area contributed by atoms with Crippen LogP contribution in [0, 0.1) is 29.6 Å². The largest absolute Gasteiger partial charge is 0.489 e. The third-order valence-corrected chi connectivity index (χ3v) is 8.78. The highest BCUT2D eigenvalue weighted by atomic mass is 19.4. The quantitative estimate of drug-likeness (QED) is 0.412. The Morgan fingerprint density at radius 2 is 1.67 bits per heavy atom. The Morgan fingerprint density at radius 3 is 2.43 bits per heavy atom. The van der Waals surface area contributed by atoms with Gasteiger partial charge in [-0.05, 0) is 93.1 Å². The summed E-state index contributed by atoms with van der Waals surface area (Å²) < 4.78 is 60.6. The van der Waals surface area contributed by atoms with Crippen LogP contribution in [-0.4, -0.2) is 18.5 Å². The molecule has 0 N–H and O–H groups in total. The summed E-state index contributed by atoms with van der Waals surface area (Å²) in [7, 11) is 0. The summed E-state index contributed by atoms with van der Waals surface area (Å²) in [6, 6.07) is 0. The van der Waals surface area contributed by atoms with Crippen LogP contribution >= 0.6 is 0 Å². The lowest BCUT2D eigenvalue weighted by atomic mass is 9.65. The Hall–Kier alpha value is -1.00. The van der Waals surface area contributed by atoms with Crippen molar-refractivity contribution in [3.05, 3.63) is 23.0 Å². The average Bonchev–Trinajstić information content (AvgIpc) is 3.13. The zero-order valence-corrected chi connectivity index (χ0v) is 17.7. The highest BCUT2D eigenvalue weighted by Crippen LogP contribution is 2.54. The molecule has 3 saturated carbocycles. The number of rotatable bonds is 2. The minimum Gasteiger partial charge on any atom is -0.489 e. The Kier molecular flexibility index (Phi) is 5.68. The molecule has 0 amide bonds. The van der Waals surface area contributed by atoms with Crippen LogP contribution in [0.1, 0.15) is 83.5 Å². The molecule has 5 unspecified atom stereocenters. The van der Waals surface area contributed by atoms with E-state index >= 15 is 0 Å². The molecule has 5 rings (SSSR count). The fourth-order valence-electron chi connectivity index (χ4n) is 7.28. The van der Waals surface area contributed by atoms with Gasteiger partial charge in [0.1, 0.15) is 18.0 Å². The molecular formula is C25H34F4O. The lowest BCUT2D eigenvalue weighted by Crippen LogP contribution is -2.40. The minimum absolute atomic E-state index is 0.0692. The molecule has 4 aliphatic carbocycles. The van der Waals surface area contributed by atoms with E-state index in [0.29, 0.717) is 37.5 Å². The number of allylic oxidation sites excluding steroid dienone is 2. The first-order valence-corrected chi connectivity index (χ1v) is 12.2. The molecule has 0 aromatic carbocycles. The molecule has 5 aliphatic rings. The second-order valence-corrected chi connectivity index (χ2v) is 10.5. The van der Waals surface area contributed by atoms with Crippen molar-refractivity contribution in [3.8, 4) is 0 Å². The van der Waals surface area contributed by atoms with Gasteiger partial charge in [-0.2, -0.15) is 13.2 Å². The zero-order valence-electron chi connectivity index (χ0n) is 17.7. The maximum atomic E-state index is 13.7. The Morgan fingerprint density at radius 1 is 0.900 bits per heavy atom. The van der Waals surface area contributed by atoms with Gasteiger partial charge in [-0.15, -0.1) is 0 Å². The molecule has 0 aromatic heterocycles. The van der Waals surface area contributed by atoms with Crippen LogP contribution in [0.4, 0.5) is 17.6 Å². The van der Waals surface area contributed by atoms with E-state index < -0.39 is 18.3 Å². The first-order chi connectivity index (χ1) is 14.4. The van der Waals surface area contributed by atoms with Gasteiger partial charge in [0, 0.05) is 5.92 Å². The lowest BCUT2D eigenvalue weighted by Gasteiger charge is -2.42. The van der Waals surface area contributed by atoms with Gasteiger partial charge in [0.05, 0.1) is 5.92 Å². The molecule has 168 valence electrons. The molecule has 0 radical (unpaired) electrons. The van der Waals surface area contributed by atoms with Crippen LogP contribution in [0.5, 0.6) is 0 Å². The minimum atomic E-state index is -4.06. The molecule has 5 heteroatoms. The molecule has 3 fully saturated rings. The smallest absolute Gasteiger partial charge is 0.391 e. The molecule has 0 aromatic rings. The van der Waals surface area contributed by atoms with Crippen LogP contribution in [0.3, 0.4) is 0 Å². The molecular weight excluding hydrogens is 392 g/mol. The van der Waals surface area contributed by atoms with Crippen molar-refractivity contribution in [2.45, 2.75) is 102 Å². The van der Waals surface area contributed by atoms with E-state index in [0.717, 1.165) is 57.1 Å². The molecule has 1 aliphatic heterocycles. The van der Waals surface area contributed by atoms with Gasteiger partial charge in [0.2, 0.25) is 0 Å². The van der Waals surface area contributed by atoms with E-state index in [9.17, 15) is 17.6 Å². The molecule has 1 nitrogen and oxygen atoms in total. The molecule has 30 heavy (non-hydrogen) atoms. The summed E-state index contributed by atoms with van der Waals surface area (Å²) in [6.07, 6.45) is 8.17. The topological polar surface area (TPSA) is 9.23 Å². The molecule has 5 atom stereocenters. The summed E-state index contributed by atoms with van der Waals surface area (Å²) in [6.45, 7) is 0. The second kappa shape index (κ2) is 8.16. The van der Waals surface area contributed by atoms with Crippen molar-refractivity contribution in [1.29, 1.82) is 0 Å². The van der Waals surface area contributed by atoms with Gasteiger partial charge >= 0.3 is 6.18 Å². The van der Waals surface area contributed by atoms with Crippen molar-refractivity contribution in [1.82, 2.24) is 0 Å². The Balaban J connectivity index is 1.33. The standard InChI is InChI=1S/C25H34F4O/c26-18-12-10-15(11-13-18)19-6-2-8-21-22-9-3-7-20(24(22)30-23(19)21)16-4-1-5-17(14-16)25(27,28)29/h6,15-18,20,22,24H,1-5,7-14H2. The maximum absolute atomic E-state index is 13.7. The predicted octanol–water partition coefficient (Wildman–Crippen LogP) is 7.67. The van der Waals surface area contributed by atoms with Gasteiger partial charge in [0.15, 0.2) is 0 Å². The van der Waals surface area contributed by atoms with Crippen molar-refractivity contribution < 1.29 is 22.3 Å². The summed E-state index contributed by atoms with van der Waals surface area (Å²) in [5, 5.41) is 0. The maximum Gasteiger partial charge on any atom is 0.391 e. The van der Waals surface area contributed by atoms with Crippen LogP contribution in [-0.2, 0) is 4.74 Å². The first-order valence-electron chi connectivity index (χ1n) is 12.2. The van der Waals surface area contributed by atoms with Crippen molar-refractivity contribution in [3.63, 3.8) is 0 Å². The zero-order chi connectivity index (χ0) is 20.9. The summed E-state index contributed by atoms with van der Waals surface area (Å²) in [5.74, 6) is 1.12. The first kappa shape index (κ1) is 20.9. The molecule has 1 heterocycles. The van der Waals surface area contributed by atoms with Crippen molar-refractivity contribution >= 4 is 0 Å². The Labute approximate surface area is 177 Å². The van der Waals surface area contributed by atoms with Crippen LogP contribution < -0.4 is 0 Å². The number of fused-ring (bicyclic) bond motifs is 2. The van der Waals surface area contributed by atoms with Crippen molar-refractivity contribution in [2.75, 3.05) is 0 Å². The number of hydrogen-bond donors (Lipinski definition) is 0. The van der Waals surface area contributed by atoms with Gasteiger partial charge in [-0.1, -0.05) is 25.3 Å². The van der Waals surface area contributed by atoms with Crippen molar-refractivity contribution in [2.24, 2.45) is 29.6 Å². The Bertz CT molecular complexity index is 700. The molecule has 0 saturated heterocycles. The number of ether oxygens (including phenoxy) is 1. The van der Waals surface area contributed by atoms with Gasteiger partial charge < -0.3 is 4.74 Å². The van der Waals surface area contributed by atoms with Crippen LogP contribution in [0.15, 0.2) is 23.0 Å². The number of halogens is 4. The second-order valence-electron chi connectivity index (χ2n) is 10.5. The average molecular weight is 427 g/mol. The molecule has 0 bridgehead atoms. The third kappa shape index (κ3) is 3.83. The highest BCUT2D eigenvalue weighted by molar-refractivity contribution is 5.41. The van der Waals surface area contributed by atoms with Gasteiger partial charge in [-0.25, -0.2) is 4.39 Å². The number of hydrogen-bond acceptors (Lipinski definition) is 1. The summed E-state index contributed by atoms with van der Waals surface area (Å²) in [4.78, 5) is 0. The normalized spacial score (nSPS) is 42.3. The van der Waals surface area contributed by atoms with E-state index in [1.807, 2.05) is 0 Å². The van der Waals surface area contributed by atoms with E-state index in [2.05, 4.69) is 6.08 Å². The van der Waals surface area contributed by atoms with Crippen LogP contribution in [0.2, 0.25) is 0 Å². The van der Waals surface area contributed by atoms with E-state index in [1.54, 1.807) is 0 Å². The van der Waals surface area contributed by atoms with E-state index in [-0.39, 0.29) is 24.4 Å². The SMILES string of the molecule is FC1CCC(C2=CCCC3=C2OC2C3CCCC2C2CCCC(C(F)(F)F)C2)CC1. The third-order valence-electron chi connectivity index (χ3n) is 8.78. The van der Waals surface area contributed by atoms with E-state index in [4.69, 9.17) is 4.74 Å². The van der Waals surface area contributed by atoms with Crippen LogP contribution in [0.25, 0.3) is 0 Å². The summed E-state index contributed by atoms with van der Waals surface area (Å²) in [5.41, 5.74) is 2.74. The lowest BCUT2D eigenvalue weighted by molar-refractivity contribution is -0.189. The van der Waals surface area contributed by atoms with Gasteiger partial charge in [-0.3, -0.25) is 0 Å². The highest BCUT2D eigenvalue weighted by Gasteiger charge is 2.50.